The zero-order valence-electron chi connectivity index (χ0n) is 12.9. The minimum absolute atomic E-state index is 0.119. The molecular weight excluding hydrogens is 252 g/mol. The SMILES string of the molecule is CC(C)CC(C)N(C)C(=O)CCOc1ccc(N)cc1. The number of nitrogens with zero attached hydrogens (tertiary/aromatic N) is 1. The average molecular weight is 278 g/mol. The largest absolute Gasteiger partial charge is 0.493 e. The van der Waals surface area contributed by atoms with Crippen molar-refractivity contribution in [1.29, 1.82) is 0 Å². The number of amides is 1. The minimum Gasteiger partial charge on any atom is -0.493 e. The first-order chi connectivity index (χ1) is 9.40. The van der Waals surface area contributed by atoms with Gasteiger partial charge in [-0.05, 0) is 43.5 Å². The van der Waals surface area contributed by atoms with Crippen molar-refractivity contribution in [3.8, 4) is 5.75 Å². The van der Waals surface area contributed by atoms with Crippen LogP contribution in [0.4, 0.5) is 5.69 Å². The third-order valence-electron chi connectivity index (χ3n) is 3.33. The van der Waals surface area contributed by atoms with Gasteiger partial charge in [-0.2, -0.15) is 0 Å². The number of nitrogen functional groups attached to an aromatic ring is 1. The van der Waals surface area contributed by atoms with Gasteiger partial charge in [-0.3, -0.25) is 4.79 Å². The van der Waals surface area contributed by atoms with Crippen LogP contribution in [0.25, 0.3) is 0 Å². The predicted molar refractivity (Wildman–Crippen MR) is 82.7 cm³/mol. The van der Waals surface area contributed by atoms with E-state index in [2.05, 4.69) is 20.8 Å². The molecular formula is C16H26N2O2. The molecule has 1 rings (SSSR count). The van der Waals surface area contributed by atoms with Crippen LogP contribution >= 0.6 is 0 Å². The Balaban J connectivity index is 2.33. The lowest BCUT2D eigenvalue weighted by atomic mass is 10.0. The van der Waals surface area contributed by atoms with Gasteiger partial charge in [0.15, 0.2) is 0 Å². The molecule has 0 aliphatic carbocycles. The molecule has 0 bridgehead atoms. The maximum Gasteiger partial charge on any atom is 0.225 e. The molecule has 20 heavy (non-hydrogen) atoms. The van der Waals surface area contributed by atoms with Crippen molar-refractivity contribution < 1.29 is 9.53 Å². The molecule has 4 heteroatoms. The zero-order chi connectivity index (χ0) is 15.1. The van der Waals surface area contributed by atoms with E-state index < -0.39 is 0 Å². The van der Waals surface area contributed by atoms with Crippen molar-refractivity contribution in [2.75, 3.05) is 19.4 Å². The highest BCUT2D eigenvalue weighted by molar-refractivity contribution is 5.76. The number of carbonyl (C=O) groups excluding carboxylic acids is 1. The maximum atomic E-state index is 12.0. The Morgan fingerprint density at radius 1 is 1.25 bits per heavy atom. The van der Waals surface area contributed by atoms with E-state index in [1.54, 1.807) is 12.1 Å². The fraction of sp³-hybridized carbons (Fsp3) is 0.562. The molecule has 0 fully saturated rings. The number of benzene rings is 1. The Labute approximate surface area is 121 Å². The Bertz CT molecular complexity index is 415. The highest BCUT2D eigenvalue weighted by Crippen LogP contribution is 2.14. The van der Waals surface area contributed by atoms with Crippen LogP contribution in [0.1, 0.15) is 33.6 Å². The highest BCUT2D eigenvalue weighted by Gasteiger charge is 2.16. The van der Waals surface area contributed by atoms with Gasteiger partial charge in [-0.25, -0.2) is 0 Å². The fourth-order valence-corrected chi connectivity index (χ4v) is 2.08. The molecule has 4 nitrogen and oxygen atoms in total. The van der Waals surface area contributed by atoms with Crippen molar-refractivity contribution in [2.24, 2.45) is 5.92 Å². The van der Waals surface area contributed by atoms with Crippen molar-refractivity contribution in [3.05, 3.63) is 24.3 Å². The lowest BCUT2D eigenvalue weighted by Crippen LogP contribution is -2.36. The second-order valence-corrected chi connectivity index (χ2v) is 5.65. The molecule has 1 aromatic rings. The van der Waals surface area contributed by atoms with Gasteiger partial charge in [0.1, 0.15) is 5.75 Å². The topological polar surface area (TPSA) is 55.6 Å². The van der Waals surface area contributed by atoms with E-state index in [1.165, 1.54) is 0 Å². The third kappa shape index (κ3) is 5.51. The fourth-order valence-electron chi connectivity index (χ4n) is 2.08. The normalized spacial score (nSPS) is 12.2. The number of anilines is 1. The Hall–Kier alpha value is -1.71. The second-order valence-electron chi connectivity index (χ2n) is 5.65. The Morgan fingerprint density at radius 3 is 2.40 bits per heavy atom. The van der Waals surface area contributed by atoms with Crippen LogP contribution < -0.4 is 10.5 Å². The van der Waals surface area contributed by atoms with Gasteiger partial charge in [-0.1, -0.05) is 13.8 Å². The number of rotatable bonds is 7. The van der Waals surface area contributed by atoms with Crippen LogP contribution in [0.15, 0.2) is 24.3 Å². The van der Waals surface area contributed by atoms with Crippen molar-refractivity contribution in [1.82, 2.24) is 4.90 Å². The molecule has 0 saturated carbocycles. The lowest BCUT2D eigenvalue weighted by Gasteiger charge is -2.26. The van der Waals surface area contributed by atoms with E-state index in [1.807, 2.05) is 24.1 Å². The summed E-state index contributed by atoms with van der Waals surface area (Å²) >= 11 is 0. The van der Waals surface area contributed by atoms with Crippen LogP contribution in [0.2, 0.25) is 0 Å². The molecule has 0 aliphatic heterocycles. The van der Waals surface area contributed by atoms with E-state index in [4.69, 9.17) is 10.5 Å². The van der Waals surface area contributed by atoms with E-state index >= 15 is 0 Å². The lowest BCUT2D eigenvalue weighted by molar-refractivity contribution is -0.132. The van der Waals surface area contributed by atoms with E-state index in [9.17, 15) is 4.79 Å². The number of hydrogen-bond donors (Lipinski definition) is 1. The first-order valence-electron chi connectivity index (χ1n) is 7.14. The smallest absolute Gasteiger partial charge is 0.225 e. The van der Waals surface area contributed by atoms with Crippen LogP contribution in [0.3, 0.4) is 0 Å². The van der Waals surface area contributed by atoms with Gasteiger partial charge >= 0.3 is 0 Å². The number of nitrogens with two attached hydrogens (primary N) is 1. The first-order valence-corrected chi connectivity index (χ1v) is 7.14. The average Bonchev–Trinajstić information content (AvgIpc) is 2.39. The molecule has 0 aliphatic rings. The highest BCUT2D eigenvalue weighted by atomic mass is 16.5. The maximum absolute atomic E-state index is 12.0. The van der Waals surface area contributed by atoms with Crippen molar-refractivity contribution in [3.63, 3.8) is 0 Å². The summed E-state index contributed by atoms with van der Waals surface area (Å²) in [6.45, 7) is 6.80. The molecule has 2 N–H and O–H groups in total. The van der Waals surface area contributed by atoms with Gasteiger partial charge in [0.25, 0.3) is 0 Å². The van der Waals surface area contributed by atoms with Crippen LogP contribution in [0, 0.1) is 5.92 Å². The molecule has 1 unspecified atom stereocenters. The van der Waals surface area contributed by atoms with E-state index in [0.29, 0.717) is 24.6 Å². The number of hydrogen-bond acceptors (Lipinski definition) is 3. The quantitative estimate of drug-likeness (QED) is 0.780. The van der Waals surface area contributed by atoms with E-state index in [0.717, 1.165) is 12.2 Å². The first kappa shape index (κ1) is 16.3. The summed E-state index contributed by atoms with van der Waals surface area (Å²) in [5.74, 6) is 1.45. The van der Waals surface area contributed by atoms with Gasteiger partial charge in [0, 0.05) is 18.8 Å². The Morgan fingerprint density at radius 2 is 1.85 bits per heavy atom. The standard InChI is InChI=1S/C16H26N2O2/c1-12(2)11-13(3)18(4)16(19)9-10-20-15-7-5-14(17)6-8-15/h5-8,12-13H,9-11,17H2,1-4H3. The summed E-state index contributed by atoms with van der Waals surface area (Å²) in [5, 5.41) is 0. The van der Waals surface area contributed by atoms with Gasteiger partial charge in [0.2, 0.25) is 5.91 Å². The monoisotopic (exact) mass is 278 g/mol. The predicted octanol–water partition coefficient (Wildman–Crippen LogP) is 2.93. The molecule has 0 aromatic heterocycles. The van der Waals surface area contributed by atoms with Gasteiger partial charge < -0.3 is 15.4 Å². The summed E-state index contributed by atoms with van der Waals surface area (Å²) in [6.07, 6.45) is 1.41. The van der Waals surface area contributed by atoms with Crippen LogP contribution in [-0.2, 0) is 4.79 Å². The van der Waals surface area contributed by atoms with Gasteiger partial charge in [-0.15, -0.1) is 0 Å². The molecule has 1 amide bonds. The summed E-state index contributed by atoms with van der Waals surface area (Å²) in [7, 11) is 1.86. The van der Waals surface area contributed by atoms with Crippen molar-refractivity contribution in [2.45, 2.75) is 39.7 Å². The van der Waals surface area contributed by atoms with E-state index in [-0.39, 0.29) is 11.9 Å². The molecule has 112 valence electrons. The van der Waals surface area contributed by atoms with Gasteiger partial charge in [0.05, 0.1) is 13.0 Å². The summed E-state index contributed by atoms with van der Waals surface area (Å²) in [6, 6.07) is 7.46. The molecule has 1 aromatic carbocycles. The molecule has 0 spiro atoms. The number of carbonyl (C=O) groups is 1. The van der Waals surface area contributed by atoms with Crippen LogP contribution in [-0.4, -0.2) is 30.5 Å². The number of ether oxygens (including phenoxy) is 1. The summed E-state index contributed by atoms with van der Waals surface area (Å²) < 4.78 is 5.54. The third-order valence-corrected chi connectivity index (χ3v) is 3.33. The minimum atomic E-state index is 0.119. The molecule has 0 heterocycles. The van der Waals surface area contributed by atoms with Crippen molar-refractivity contribution >= 4 is 11.6 Å². The molecule has 1 atom stereocenters. The molecule has 0 radical (unpaired) electrons. The molecule has 0 saturated heterocycles. The summed E-state index contributed by atoms with van der Waals surface area (Å²) in [5.41, 5.74) is 6.30. The second kappa shape index (κ2) is 7.78. The zero-order valence-corrected chi connectivity index (χ0v) is 12.9. The Kier molecular flexibility index (Phi) is 6.36. The van der Waals surface area contributed by atoms with Crippen LogP contribution in [0.5, 0.6) is 5.75 Å². The summed E-state index contributed by atoms with van der Waals surface area (Å²) in [4.78, 5) is 13.8.